The fourth-order valence-electron chi connectivity index (χ4n) is 2.80. The van der Waals surface area contributed by atoms with Crippen LogP contribution in [-0.4, -0.2) is 44.6 Å². The highest BCUT2D eigenvalue weighted by molar-refractivity contribution is 7.08. The van der Waals surface area contributed by atoms with E-state index in [0.717, 1.165) is 43.1 Å². The molecule has 27 heavy (non-hydrogen) atoms. The summed E-state index contributed by atoms with van der Waals surface area (Å²) in [6, 6.07) is 9.55. The van der Waals surface area contributed by atoms with Crippen molar-refractivity contribution in [2.75, 3.05) is 38.7 Å². The van der Waals surface area contributed by atoms with E-state index in [1.807, 2.05) is 47.2 Å². The lowest BCUT2D eigenvalue weighted by Gasteiger charge is -2.17. The van der Waals surface area contributed by atoms with Crippen LogP contribution in [0.25, 0.3) is 0 Å². The third-order valence-electron chi connectivity index (χ3n) is 4.44. The van der Waals surface area contributed by atoms with E-state index in [9.17, 15) is 4.79 Å². The number of hydrogen-bond acceptors (Lipinski definition) is 4. The average Bonchev–Trinajstić information content (AvgIpc) is 3.21. The van der Waals surface area contributed by atoms with Crippen LogP contribution in [0.2, 0.25) is 0 Å². The Morgan fingerprint density at radius 2 is 1.85 bits per heavy atom. The number of anilines is 1. The number of unbranched alkanes of at least 4 members (excludes halogenated alkanes) is 3. The summed E-state index contributed by atoms with van der Waals surface area (Å²) in [6.07, 6.45) is 6.61. The summed E-state index contributed by atoms with van der Waals surface area (Å²) in [5.41, 5.74) is 1.58. The number of hydrogen-bond donors (Lipinski definition) is 0. The molecule has 0 atom stereocenters. The van der Waals surface area contributed by atoms with Gasteiger partial charge in [-0.2, -0.15) is 11.3 Å². The molecule has 0 aliphatic rings. The second kappa shape index (κ2) is 11.6. The second-order valence-corrected chi connectivity index (χ2v) is 7.46. The molecule has 1 aromatic heterocycles. The Morgan fingerprint density at radius 3 is 2.52 bits per heavy atom. The molecule has 4 nitrogen and oxygen atoms in total. The Bertz CT molecular complexity index is 683. The maximum absolute atomic E-state index is 12.4. The molecule has 0 spiro atoms. The second-order valence-electron chi connectivity index (χ2n) is 6.68. The van der Waals surface area contributed by atoms with Gasteiger partial charge in [0.15, 0.2) is 0 Å². The van der Waals surface area contributed by atoms with E-state index in [4.69, 9.17) is 4.74 Å². The quantitative estimate of drug-likeness (QED) is 0.377. The van der Waals surface area contributed by atoms with Crippen molar-refractivity contribution in [3.63, 3.8) is 0 Å². The van der Waals surface area contributed by atoms with Crippen LogP contribution in [0.1, 0.15) is 36.0 Å². The summed E-state index contributed by atoms with van der Waals surface area (Å²) in [5, 5.41) is 3.78. The van der Waals surface area contributed by atoms with Crippen molar-refractivity contribution in [2.24, 2.45) is 0 Å². The van der Waals surface area contributed by atoms with Gasteiger partial charge in [-0.3, -0.25) is 4.79 Å². The van der Waals surface area contributed by atoms with Crippen LogP contribution in [0.5, 0.6) is 5.75 Å². The van der Waals surface area contributed by atoms with Crippen LogP contribution in [0.3, 0.4) is 0 Å². The van der Waals surface area contributed by atoms with E-state index >= 15 is 0 Å². The topological polar surface area (TPSA) is 32.8 Å². The molecular weight excluding hydrogens is 356 g/mol. The molecule has 0 bridgehead atoms. The molecule has 5 heteroatoms. The van der Waals surface area contributed by atoms with Crippen LogP contribution >= 0.6 is 11.3 Å². The Hall–Kier alpha value is -2.11. The van der Waals surface area contributed by atoms with E-state index in [2.05, 4.69) is 18.5 Å². The Kier molecular flexibility index (Phi) is 9.08. The van der Waals surface area contributed by atoms with Gasteiger partial charge in [0.25, 0.3) is 5.91 Å². The summed E-state index contributed by atoms with van der Waals surface area (Å²) in [6.45, 7) is 6.55. The van der Waals surface area contributed by atoms with Crippen LogP contribution in [-0.2, 0) is 0 Å². The van der Waals surface area contributed by atoms with Gasteiger partial charge in [-0.1, -0.05) is 18.9 Å². The predicted octanol–water partition coefficient (Wildman–Crippen LogP) is 5.08. The first-order valence-electron chi connectivity index (χ1n) is 9.44. The Balaban J connectivity index is 1.65. The number of rotatable bonds is 12. The van der Waals surface area contributed by atoms with Gasteiger partial charge in [0, 0.05) is 24.7 Å². The van der Waals surface area contributed by atoms with Crippen LogP contribution in [0, 0.1) is 0 Å². The molecule has 1 aromatic carbocycles. The Labute approximate surface area is 167 Å². The molecule has 0 aliphatic heterocycles. The highest BCUT2D eigenvalue weighted by Crippen LogP contribution is 2.21. The number of ether oxygens (including phenoxy) is 1. The first-order valence-corrected chi connectivity index (χ1v) is 10.4. The fraction of sp³-hybridized carbons (Fsp3) is 0.409. The van der Waals surface area contributed by atoms with Gasteiger partial charge in [0.2, 0.25) is 0 Å². The first kappa shape index (κ1) is 21.2. The molecule has 0 fully saturated rings. The van der Waals surface area contributed by atoms with Crippen molar-refractivity contribution >= 4 is 22.9 Å². The zero-order valence-corrected chi connectivity index (χ0v) is 17.2. The van der Waals surface area contributed by atoms with E-state index in [1.165, 1.54) is 30.6 Å². The normalized spacial score (nSPS) is 10.8. The third-order valence-corrected chi connectivity index (χ3v) is 5.12. The van der Waals surface area contributed by atoms with E-state index in [1.54, 1.807) is 11.9 Å². The maximum Gasteiger partial charge on any atom is 0.258 e. The van der Waals surface area contributed by atoms with Gasteiger partial charge in [0.05, 0.1) is 12.2 Å². The van der Waals surface area contributed by atoms with Gasteiger partial charge in [0.1, 0.15) is 5.75 Å². The molecule has 0 N–H and O–H groups in total. The lowest BCUT2D eigenvalue weighted by atomic mass is 10.2. The molecule has 0 unspecified atom stereocenters. The highest BCUT2D eigenvalue weighted by atomic mass is 32.1. The highest BCUT2D eigenvalue weighted by Gasteiger charge is 2.13. The fourth-order valence-corrected chi connectivity index (χ4v) is 3.43. The van der Waals surface area contributed by atoms with Crippen LogP contribution < -0.4 is 9.64 Å². The van der Waals surface area contributed by atoms with Crippen molar-refractivity contribution in [2.45, 2.75) is 25.7 Å². The van der Waals surface area contributed by atoms with Crippen LogP contribution in [0.15, 0.2) is 53.7 Å². The third kappa shape index (κ3) is 7.19. The van der Waals surface area contributed by atoms with Crippen LogP contribution in [0.4, 0.5) is 5.69 Å². The Morgan fingerprint density at radius 1 is 1.11 bits per heavy atom. The van der Waals surface area contributed by atoms with Crippen molar-refractivity contribution < 1.29 is 9.53 Å². The van der Waals surface area contributed by atoms with E-state index in [-0.39, 0.29) is 5.91 Å². The van der Waals surface area contributed by atoms with Crippen molar-refractivity contribution in [3.8, 4) is 5.75 Å². The predicted molar refractivity (Wildman–Crippen MR) is 115 cm³/mol. The van der Waals surface area contributed by atoms with E-state index in [0.29, 0.717) is 0 Å². The van der Waals surface area contributed by atoms with Gasteiger partial charge >= 0.3 is 0 Å². The van der Waals surface area contributed by atoms with Crippen molar-refractivity contribution in [3.05, 3.63) is 59.3 Å². The SMILES string of the molecule is C=CCN(C)CCCCCCOc1ccc(N(C)C(=O)c2ccsc2)cc1. The zero-order chi connectivity index (χ0) is 19.5. The maximum atomic E-state index is 12.4. The minimum atomic E-state index is 0.00338. The minimum absolute atomic E-state index is 0.00338. The molecule has 2 aromatic rings. The lowest BCUT2D eigenvalue weighted by molar-refractivity contribution is 0.0993. The lowest BCUT2D eigenvalue weighted by Crippen LogP contribution is -2.25. The number of nitrogens with zero attached hydrogens (tertiary/aromatic N) is 2. The van der Waals surface area contributed by atoms with Gasteiger partial charge in [-0.05, 0) is 62.1 Å². The summed E-state index contributed by atoms with van der Waals surface area (Å²) in [7, 11) is 3.92. The first-order chi connectivity index (χ1) is 13.1. The largest absolute Gasteiger partial charge is 0.494 e. The standard InChI is InChI=1S/C22H30N2O2S/c1-4-14-23(2)15-7-5-6-8-16-26-21-11-9-20(10-12-21)24(3)22(25)19-13-17-27-18-19/h4,9-13,17-18H,1,5-8,14-16H2,2-3H3. The molecule has 146 valence electrons. The molecule has 2 rings (SSSR count). The average molecular weight is 387 g/mol. The summed E-state index contributed by atoms with van der Waals surface area (Å²) >= 11 is 1.53. The number of thiophene rings is 1. The smallest absolute Gasteiger partial charge is 0.258 e. The molecular formula is C22H30N2O2S. The van der Waals surface area contributed by atoms with Gasteiger partial charge < -0.3 is 14.5 Å². The monoisotopic (exact) mass is 386 g/mol. The molecule has 0 saturated carbocycles. The van der Waals surface area contributed by atoms with Crippen molar-refractivity contribution in [1.29, 1.82) is 0 Å². The molecule has 1 amide bonds. The van der Waals surface area contributed by atoms with Crippen molar-refractivity contribution in [1.82, 2.24) is 4.90 Å². The van der Waals surface area contributed by atoms with Gasteiger partial charge in [-0.15, -0.1) is 6.58 Å². The van der Waals surface area contributed by atoms with E-state index < -0.39 is 0 Å². The number of likely N-dealkylation sites (N-methyl/N-ethyl adjacent to an activating group) is 1. The molecule has 0 radical (unpaired) electrons. The summed E-state index contributed by atoms with van der Waals surface area (Å²) in [5.74, 6) is 0.851. The van der Waals surface area contributed by atoms with Gasteiger partial charge in [-0.25, -0.2) is 0 Å². The number of carbonyl (C=O) groups excluding carboxylic acids is 1. The number of amides is 1. The number of benzene rings is 1. The number of carbonyl (C=O) groups is 1. The summed E-state index contributed by atoms with van der Waals surface area (Å²) in [4.78, 5) is 16.3. The molecule has 0 aliphatic carbocycles. The molecule has 0 saturated heterocycles. The molecule has 1 heterocycles. The minimum Gasteiger partial charge on any atom is -0.494 e. The zero-order valence-electron chi connectivity index (χ0n) is 16.4. The summed E-state index contributed by atoms with van der Waals surface area (Å²) < 4.78 is 5.81.